The van der Waals surface area contributed by atoms with Crippen molar-refractivity contribution in [3.63, 3.8) is 0 Å². The van der Waals surface area contributed by atoms with Gasteiger partial charge in [0.1, 0.15) is 18.2 Å². The largest absolute Gasteiger partial charge is 0.464 e. The Kier molecular flexibility index (Phi) is 10.8. The molecule has 12 nitrogen and oxygen atoms in total. The summed E-state index contributed by atoms with van der Waals surface area (Å²) in [6.45, 7) is 6.78. The average Bonchev–Trinajstić information content (AvgIpc) is 3.56. The van der Waals surface area contributed by atoms with E-state index in [1.54, 1.807) is 39.8 Å². The summed E-state index contributed by atoms with van der Waals surface area (Å²) in [7, 11) is 0. The molecule has 1 saturated carbocycles. The van der Waals surface area contributed by atoms with Crippen molar-refractivity contribution in [1.82, 2.24) is 20.4 Å². The highest BCUT2D eigenvalue weighted by atomic mass is 19.3. The summed E-state index contributed by atoms with van der Waals surface area (Å²) in [6, 6.07) is 24.6. The maximum Gasteiger partial charge on any atom is 0.409 e. The van der Waals surface area contributed by atoms with Crippen molar-refractivity contribution in [3.8, 4) is 22.3 Å². The van der Waals surface area contributed by atoms with Crippen LogP contribution in [0.1, 0.15) is 79.1 Å². The number of ether oxygens (including phenoxy) is 3. The first kappa shape index (κ1) is 41.4. The second-order valence-electron chi connectivity index (χ2n) is 17.1. The Balaban J connectivity index is 0.974. The third kappa shape index (κ3) is 7.91. The van der Waals surface area contributed by atoms with Gasteiger partial charge in [0.25, 0.3) is 11.8 Å². The Labute approximate surface area is 352 Å². The molecule has 4 aromatic rings. The summed E-state index contributed by atoms with van der Waals surface area (Å²) >= 11 is 0. The molecule has 1 heterocycles. The first-order chi connectivity index (χ1) is 29.1. The van der Waals surface area contributed by atoms with Gasteiger partial charge in [-0.25, -0.2) is 14.4 Å². The van der Waals surface area contributed by atoms with Crippen LogP contribution in [-0.2, 0) is 29.7 Å². The van der Waals surface area contributed by atoms with Gasteiger partial charge in [-0.2, -0.15) is 8.78 Å². The summed E-state index contributed by atoms with van der Waals surface area (Å²) in [4.78, 5) is 70.4. The number of carbonyl (C=O) groups is 5. The van der Waals surface area contributed by atoms with E-state index in [0.29, 0.717) is 12.0 Å². The van der Waals surface area contributed by atoms with E-state index >= 15 is 8.78 Å². The summed E-state index contributed by atoms with van der Waals surface area (Å²) < 4.78 is 47.1. The molecule has 14 heteroatoms. The molecule has 0 spiro atoms. The number of nitrogens with one attached hydrogen (secondary N) is 2. The molecule has 0 aromatic heterocycles. The molecule has 2 fully saturated rings. The van der Waals surface area contributed by atoms with Crippen LogP contribution in [0.3, 0.4) is 0 Å². The van der Waals surface area contributed by atoms with E-state index in [2.05, 4.69) is 10.6 Å². The van der Waals surface area contributed by atoms with Crippen molar-refractivity contribution in [2.45, 2.75) is 70.1 Å². The molecule has 4 aliphatic rings. The number of hydrogen-bond acceptors (Lipinski definition) is 8. The van der Waals surface area contributed by atoms with Gasteiger partial charge in [-0.05, 0) is 86.1 Å². The molecule has 61 heavy (non-hydrogen) atoms. The van der Waals surface area contributed by atoms with Crippen LogP contribution in [0, 0.1) is 5.41 Å². The van der Waals surface area contributed by atoms with E-state index in [1.165, 1.54) is 40.1 Å². The molecule has 4 amide bonds. The van der Waals surface area contributed by atoms with Gasteiger partial charge in [-0.3, -0.25) is 9.59 Å². The molecule has 1 aliphatic heterocycles. The number of rotatable bonds is 12. The van der Waals surface area contributed by atoms with Gasteiger partial charge in [0.15, 0.2) is 0 Å². The van der Waals surface area contributed by atoms with Crippen LogP contribution in [0.15, 0.2) is 91.0 Å². The van der Waals surface area contributed by atoms with Crippen molar-refractivity contribution in [1.29, 1.82) is 0 Å². The monoisotopic (exact) mass is 834 g/mol. The smallest absolute Gasteiger partial charge is 0.409 e. The van der Waals surface area contributed by atoms with Crippen LogP contribution in [0.4, 0.5) is 18.4 Å². The molecule has 318 valence electrons. The summed E-state index contributed by atoms with van der Waals surface area (Å²) in [5.74, 6) is -5.18. The minimum Gasteiger partial charge on any atom is -0.464 e. The van der Waals surface area contributed by atoms with Gasteiger partial charge in [0, 0.05) is 53.7 Å². The van der Waals surface area contributed by atoms with E-state index in [0.717, 1.165) is 22.3 Å². The second kappa shape index (κ2) is 15.9. The van der Waals surface area contributed by atoms with Gasteiger partial charge in [-0.1, -0.05) is 78.9 Å². The fraction of sp³-hybridized carbons (Fsp3) is 0.383. The number of hydrogen-bond donors (Lipinski definition) is 2. The Morgan fingerprint density at radius 2 is 1.44 bits per heavy atom. The van der Waals surface area contributed by atoms with Gasteiger partial charge >= 0.3 is 18.2 Å². The average molecular weight is 835 g/mol. The first-order valence-electron chi connectivity index (χ1n) is 20.6. The molecule has 0 radical (unpaired) electrons. The maximum absolute atomic E-state index is 15.1. The number of fused-ring (bicyclic) bond motifs is 7. The van der Waals surface area contributed by atoms with Crippen molar-refractivity contribution in [2.24, 2.45) is 5.41 Å². The lowest BCUT2D eigenvalue weighted by molar-refractivity contribution is -0.153. The summed E-state index contributed by atoms with van der Waals surface area (Å²) in [5.41, 5.74) is 3.16. The lowest BCUT2D eigenvalue weighted by Crippen LogP contribution is -2.48. The summed E-state index contributed by atoms with van der Waals surface area (Å²) in [6.07, 6.45) is -0.603. The number of amides is 4. The van der Waals surface area contributed by atoms with Gasteiger partial charge < -0.3 is 34.6 Å². The topological polar surface area (TPSA) is 144 Å². The highest BCUT2D eigenvalue weighted by Crippen LogP contribution is 2.60. The molecule has 4 aromatic carbocycles. The zero-order valence-electron chi connectivity index (χ0n) is 34.5. The molecular formula is C47H48F2N4O8. The van der Waals surface area contributed by atoms with Crippen molar-refractivity contribution >= 4 is 30.0 Å². The lowest BCUT2D eigenvalue weighted by Gasteiger charge is -2.28. The molecule has 3 atom stereocenters. The molecule has 0 bridgehead atoms. The highest BCUT2D eigenvalue weighted by molar-refractivity contribution is 5.99. The predicted molar refractivity (Wildman–Crippen MR) is 221 cm³/mol. The number of esters is 1. The summed E-state index contributed by atoms with van der Waals surface area (Å²) in [5, 5.41) is 5.33. The quantitative estimate of drug-likeness (QED) is 0.112. The van der Waals surface area contributed by atoms with Crippen molar-refractivity contribution < 1.29 is 47.0 Å². The van der Waals surface area contributed by atoms with Crippen LogP contribution < -0.4 is 10.6 Å². The van der Waals surface area contributed by atoms with Gasteiger partial charge in [-0.15, -0.1) is 0 Å². The SMILES string of the molecule is CCOC(=O)[C@@H]1C[C@]2(CN(CCNC(=O)OC(C)(C)C)C(=O)OCC3c4ccccc4-c4ccccc43)C[C@@H]2N1C(=O)CNC(=O)c1ccc2c(c1)-c1ccccc1C2(F)F. The fourth-order valence-corrected chi connectivity index (χ4v) is 9.23. The first-order valence-corrected chi connectivity index (χ1v) is 20.6. The third-order valence-corrected chi connectivity index (χ3v) is 12.0. The Hall–Kier alpha value is -6.31. The Bertz CT molecular complexity index is 2370. The second-order valence-corrected chi connectivity index (χ2v) is 17.1. The van der Waals surface area contributed by atoms with Gasteiger partial charge in [0.05, 0.1) is 13.2 Å². The van der Waals surface area contributed by atoms with E-state index in [1.807, 2.05) is 48.5 Å². The standard InChI is InChI=1S/C47H48F2N4O8/c1-5-59-42(56)38-23-46(24-39(46)53(38)40(54)25-51-41(55)28-18-19-37-34(22-28)33-16-10-11-17-36(33)47(37,48)49)27-52(21-20-50-43(57)61-45(2,3)4)44(58)60-26-35-31-14-8-6-12-29(31)30-13-7-9-15-32(30)35/h6-19,22,35,38-39H,5,20-21,23-27H2,1-4H3,(H,50,57)(H,51,55)/t38-,39-,46+/m0/s1. The number of piperidine rings is 1. The van der Waals surface area contributed by atoms with E-state index in [-0.39, 0.29) is 67.4 Å². The molecule has 8 rings (SSSR count). The van der Waals surface area contributed by atoms with Crippen LogP contribution in [-0.4, -0.2) is 96.8 Å². The normalized spacial score (nSPS) is 20.0. The molecule has 0 unspecified atom stereocenters. The lowest BCUT2D eigenvalue weighted by atomic mass is 9.98. The van der Waals surface area contributed by atoms with Crippen LogP contribution >= 0.6 is 0 Å². The number of benzene rings is 4. The maximum atomic E-state index is 15.1. The predicted octanol–water partition coefficient (Wildman–Crippen LogP) is 7.24. The fourth-order valence-electron chi connectivity index (χ4n) is 9.23. The van der Waals surface area contributed by atoms with Crippen molar-refractivity contribution in [3.05, 3.63) is 119 Å². The third-order valence-electron chi connectivity index (χ3n) is 12.0. The van der Waals surface area contributed by atoms with E-state index < -0.39 is 65.5 Å². The van der Waals surface area contributed by atoms with Crippen molar-refractivity contribution in [2.75, 3.05) is 39.4 Å². The molecule has 1 saturated heterocycles. The Morgan fingerprint density at radius 3 is 2.11 bits per heavy atom. The molecular weight excluding hydrogens is 787 g/mol. The number of carbonyl (C=O) groups excluding carboxylic acids is 5. The Morgan fingerprint density at radius 1 is 0.803 bits per heavy atom. The number of alkyl carbamates (subject to hydrolysis) is 1. The van der Waals surface area contributed by atoms with Crippen LogP contribution in [0.2, 0.25) is 0 Å². The molecule has 3 aliphatic carbocycles. The van der Waals surface area contributed by atoms with Gasteiger partial charge in [0.2, 0.25) is 5.91 Å². The number of halogens is 2. The number of nitrogens with zero attached hydrogens (tertiary/aromatic N) is 2. The van der Waals surface area contributed by atoms with E-state index in [4.69, 9.17) is 14.2 Å². The van der Waals surface area contributed by atoms with Crippen LogP contribution in [0.5, 0.6) is 0 Å². The van der Waals surface area contributed by atoms with E-state index in [9.17, 15) is 24.0 Å². The molecule has 2 N–H and O–H groups in total. The van der Waals surface area contributed by atoms with Crippen LogP contribution in [0.25, 0.3) is 22.3 Å². The minimum atomic E-state index is -3.21. The zero-order chi connectivity index (χ0) is 43.3. The zero-order valence-corrected chi connectivity index (χ0v) is 34.5. The number of alkyl halides is 2. The number of likely N-dealkylation sites (tertiary alicyclic amines) is 1. The minimum absolute atomic E-state index is 0.0434. The highest BCUT2D eigenvalue weighted by Gasteiger charge is 2.68.